The Morgan fingerprint density at radius 2 is 2.60 bits per heavy atom. The first-order chi connectivity index (χ1) is 4.75. The molecule has 0 unspecified atom stereocenters. The van der Waals surface area contributed by atoms with Crippen LogP contribution in [0.2, 0.25) is 0 Å². The van der Waals surface area contributed by atoms with E-state index in [1.807, 2.05) is 12.4 Å². The quantitative estimate of drug-likeness (QED) is 0.699. The molecule has 54 valence electrons. The van der Waals surface area contributed by atoms with Gasteiger partial charge in [0.05, 0.1) is 16.1 Å². The molecule has 2 N–H and O–H groups in total. The van der Waals surface area contributed by atoms with Gasteiger partial charge in [-0.2, -0.15) is 0 Å². The van der Waals surface area contributed by atoms with Crippen molar-refractivity contribution in [3.63, 3.8) is 0 Å². The zero-order valence-electron chi connectivity index (χ0n) is 5.92. The third-order valence-electron chi connectivity index (χ3n) is 1.31. The highest BCUT2D eigenvalue weighted by Crippen LogP contribution is 2.19. The lowest BCUT2D eigenvalue weighted by atomic mass is 10.2. The van der Waals surface area contributed by atoms with Gasteiger partial charge in [0.1, 0.15) is 0 Å². The largest absolute Gasteiger partial charge is 0.326 e. The van der Waals surface area contributed by atoms with Crippen LogP contribution in [0.5, 0.6) is 0 Å². The lowest BCUT2D eigenvalue weighted by Crippen LogP contribution is -2.00. The first-order valence-electron chi connectivity index (χ1n) is 3.04. The van der Waals surface area contributed by atoms with Gasteiger partial charge in [-0.25, -0.2) is 4.98 Å². The second-order valence-corrected chi connectivity index (χ2v) is 2.93. The molecule has 0 saturated carbocycles. The van der Waals surface area contributed by atoms with Crippen LogP contribution in [-0.4, -0.2) is 11.5 Å². The molecular formula is C7H10N2S. The highest BCUT2D eigenvalue weighted by molar-refractivity contribution is 7.10. The van der Waals surface area contributed by atoms with Crippen molar-refractivity contribution in [2.45, 2.75) is 6.92 Å². The number of nitrogens with two attached hydrogens (primary N) is 1. The van der Waals surface area contributed by atoms with Crippen molar-refractivity contribution >= 4 is 16.9 Å². The van der Waals surface area contributed by atoms with Gasteiger partial charge < -0.3 is 5.73 Å². The zero-order chi connectivity index (χ0) is 7.56. The summed E-state index contributed by atoms with van der Waals surface area (Å²) in [6.07, 6.45) is 0. The summed E-state index contributed by atoms with van der Waals surface area (Å²) in [6, 6.07) is 0. The van der Waals surface area contributed by atoms with E-state index in [4.69, 9.17) is 5.73 Å². The van der Waals surface area contributed by atoms with Gasteiger partial charge in [0, 0.05) is 6.54 Å². The van der Waals surface area contributed by atoms with Crippen molar-refractivity contribution < 1.29 is 0 Å². The van der Waals surface area contributed by atoms with Crippen molar-refractivity contribution in [2.24, 2.45) is 5.73 Å². The fourth-order valence-electron chi connectivity index (χ4n) is 0.734. The van der Waals surface area contributed by atoms with Crippen LogP contribution in [-0.2, 0) is 0 Å². The number of nitrogens with zero attached hydrogens (tertiary/aromatic N) is 1. The van der Waals surface area contributed by atoms with Crippen molar-refractivity contribution in [1.29, 1.82) is 0 Å². The summed E-state index contributed by atoms with van der Waals surface area (Å²) in [4.78, 5) is 5.22. The Balaban J connectivity index is 2.93. The topological polar surface area (TPSA) is 38.9 Å². The van der Waals surface area contributed by atoms with Crippen LogP contribution in [0.15, 0.2) is 12.1 Å². The fraction of sp³-hybridized carbons (Fsp3) is 0.286. The van der Waals surface area contributed by atoms with E-state index >= 15 is 0 Å². The molecule has 1 heterocycles. The molecule has 10 heavy (non-hydrogen) atoms. The van der Waals surface area contributed by atoms with Crippen molar-refractivity contribution in [1.82, 2.24) is 4.98 Å². The molecule has 1 aromatic rings. The Morgan fingerprint density at radius 1 is 1.90 bits per heavy atom. The molecule has 1 rings (SSSR count). The van der Waals surface area contributed by atoms with Gasteiger partial charge in [-0.3, -0.25) is 0 Å². The van der Waals surface area contributed by atoms with Gasteiger partial charge in [0.2, 0.25) is 0 Å². The third-order valence-corrected chi connectivity index (χ3v) is 2.34. The smallest absolute Gasteiger partial charge is 0.0801 e. The van der Waals surface area contributed by atoms with Gasteiger partial charge in [0.15, 0.2) is 0 Å². The van der Waals surface area contributed by atoms with E-state index in [1.54, 1.807) is 11.3 Å². The van der Waals surface area contributed by atoms with Gasteiger partial charge >= 0.3 is 0 Å². The van der Waals surface area contributed by atoms with Gasteiger partial charge in [-0.15, -0.1) is 11.3 Å². The number of rotatable bonds is 2. The summed E-state index contributed by atoms with van der Waals surface area (Å²) >= 11 is 1.59. The molecule has 0 bridgehead atoms. The normalized spacial score (nSPS) is 9.80. The second-order valence-electron chi connectivity index (χ2n) is 2.07. The average Bonchev–Trinajstić information content (AvgIpc) is 2.34. The lowest BCUT2D eigenvalue weighted by Gasteiger charge is -1.96. The maximum atomic E-state index is 5.41. The van der Waals surface area contributed by atoms with E-state index < -0.39 is 0 Å². The molecule has 0 radical (unpaired) electrons. The SMILES string of the molecule is C=C(CN)c1scnc1C. The molecule has 0 spiro atoms. The Hall–Kier alpha value is -0.670. The standard InChI is InChI=1S/C7H10N2S/c1-5(3-8)7-6(2)9-4-10-7/h4H,1,3,8H2,2H3. The van der Waals surface area contributed by atoms with Crippen LogP contribution in [0.25, 0.3) is 5.57 Å². The fourth-order valence-corrected chi connectivity index (χ4v) is 1.52. The van der Waals surface area contributed by atoms with Crippen molar-refractivity contribution in [2.75, 3.05) is 6.54 Å². The van der Waals surface area contributed by atoms with E-state index in [0.29, 0.717) is 6.54 Å². The lowest BCUT2D eigenvalue weighted by molar-refractivity contribution is 1.22. The first-order valence-corrected chi connectivity index (χ1v) is 3.92. The molecule has 0 saturated heterocycles. The number of hydrogen-bond acceptors (Lipinski definition) is 3. The number of thiazole rings is 1. The number of aromatic nitrogens is 1. The summed E-state index contributed by atoms with van der Waals surface area (Å²) in [5.41, 5.74) is 9.22. The number of aryl methyl sites for hydroxylation is 1. The zero-order valence-corrected chi connectivity index (χ0v) is 6.74. The summed E-state index contributed by atoms with van der Waals surface area (Å²) in [6.45, 7) is 6.30. The van der Waals surface area contributed by atoms with Crippen LogP contribution >= 0.6 is 11.3 Å². The average molecular weight is 154 g/mol. The molecule has 0 amide bonds. The van der Waals surface area contributed by atoms with Crippen molar-refractivity contribution in [3.8, 4) is 0 Å². The molecule has 0 fully saturated rings. The van der Waals surface area contributed by atoms with Crippen LogP contribution < -0.4 is 5.73 Å². The first kappa shape index (κ1) is 7.44. The second kappa shape index (κ2) is 2.94. The minimum Gasteiger partial charge on any atom is -0.326 e. The monoisotopic (exact) mass is 154 g/mol. The highest BCUT2D eigenvalue weighted by Gasteiger charge is 2.02. The molecule has 3 heteroatoms. The van der Waals surface area contributed by atoms with Crippen LogP contribution in [0.3, 0.4) is 0 Å². The molecule has 0 aromatic carbocycles. The van der Waals surface area contributed by atoms with Crippen LogP contribution in [0, 0.1) is 6.92 Å². The Labute approximate surface area is 64.4 Å². The van der Waals surface area contributed by atoms with Crippen molar-refractivity contribution in [3.05, 3.63) is 22.7 Å². The maximum Gasteiger partial charge on any atom is 0.0801 e. The van der Waals surface area contributed by atoms with Crippen LogP contribution in [0.4, 0.5) is 0 Å². The van der Waals surface area contributed by atoms with Crippen LogP contribution in [0.1, 0.15) is 10.6 Å². The summed E-state index contributed by atoms with van der Waals surface area (Å²) in [7, 11) is 0. The highest BCUT2D eigenvalue weighted by atomic mass is 32.1. The Morgan fingerprint density at radius 3 is 3.00 bits per heavy atom. The molecule has 0 aliphatic carbocycles. The van der Waals surface area contributed by atoms with E-state index in [2.05, 4.69) is 11.6 Å². The summed E-state index contributed by atoms with van der Waals surface area (Å²) in [5, 5.41) is 0. The molecule has 2 nitrogen and oxygen atoms in total. The maximum absolute atomic E-state index is 5.41. The Bertz CT molecular complexity index is 240. The predicted octanol–water partition coefficient (Wildman–Crippen LogP) is 1.42. The van der Waals surface area contributed by atoms with E-state index in [0.717, 1.165) is 16.1 Å². The number of hydrogen-bond donors (Lipinski definition) is 1. The molecule has 0 aliphatic heterocycles. The summed E-state index contributed by atoms with van der Waals surface area (Å²) in [5.74, 6) is 0. The summed E-state index contributed by atoms with van der Waals surface area (Å²) < 4.78 is 0. The van der Waals surface area contributed by atoms with Gasteiger partial charge in [-0.05, 0) is 12.5 Å². The molecule has 0 atom stereocenters. The van der Waals surface area contributed by atoms with E-state index in [1.165, 1.54) is 0 Å². The predicted molar refractivity (Wildman–Crippen MR) is 44.9 cm³/mol. The van der Waals surface area contributed by atoms with Gasteiger partial charge in [-0.1, -0.05) is 6.58 Å². The molecule has 0 aliphatic rings. The minimum absolute atomic E-state index is 0.517. The van der Waals surface area contributed by atoms with E-state index in [9.17, 15) is 0 Å². The molecule has 1 aromatic heterocycles. The minimum atomic E-state index is 0.517. The third kappa shape index (κ3) is 1.25. The van der Waals surface area contributed by atoms with E-state index in [-0.39, 0.29) is 0 Å². The Kier molecular flexibility index (Phi) is 2.19. The molecular weight excluding hydrogens is 144 g/mol. The van der Waals surface area contributed by atoms with Gasteiger partial charge in [0.25, 0.3) is 0 Å².